The number of hydrogen-bond acceptors (Lipinski definition) is 5. The number of hydrogen-bond donors (Lipinski definition) is 1. The molecule has 1 unspecified atom stereocenters. The summed E-state index contributed by atoms with van der Waals surface area (Å²) >= 11 is 0. The van der Waals surface area contributed by atoms with Crippen LogP contribution in [0.15, 0.2) is 30.5 Å². The van der Waals surface area contributed by atoms with Crippen LogP contribution in [0.5, 0.6) is 5.75 Å². The summed E-state index contributed by atoms with van der Waals surface area (Å²) < 4.78 is 5.23. The van der Waals surface area contributed by atoms with Crippen molar-refractivity contribution in [2.24, 2.45) is 0 Å². The highest BCUT2D eigenvalue weighted by Crippen LogP contribution is 2.24. The fourth-order valence-electron chi connectivity index (χ4n) is 3.78. The summed E-state index contributed by atoms with van der Waals surface area (Å²) in [5.74, 6) is 2.43. The van der Waals surface area contributed by atoms with Gasteiger partial charge in [-0.2, -0.15) is 0 Å². The minimum Gasteiger partial charge on any atom is -0.497 e. The first-order valence-corrected chi connectivity index (χ1v) is 9.22. The van der Waals surface area contributed by atoms with Gasteiger partial charge in [0, 0.05) is 56.0 Å². The Morgan fingerprint density at radius 1 is 1.28 bits per heavy atom. The fourth-order valence-corrected chi connectivity index (χ4v) is 3.78. The van der Waals surface area contributed by atoms with Crippen LogP contribution in [0.25, 0.3) is 0 Å². The lowest BCUT2D eigenvalue weighted by atomic mass is 9.98. The van der Waals surface area contributed by atoms with E-state index in [4.69, 9.17) is 9.72 Å². The topological polar surface area (TPSA) is 50.3 Å². The highest BCUT2D eigenvalue weighted by atomic mass is 16.5. The molecule has 2 aliphatic rings. The van der Waals surface area contributed by atoms with E-state index < -0.39 is 0 Å². The Kier molecular flexibility index (Phi) is 4.95. The second kappa shape index (κ2) is 7.50. The Morgan fingerprint density at radius 2 is 2.16 bits per heavy atom. The fraction of sp³-hybridized carbons (Fsp3) is 0.500. The first-order chi connectivity index (χ1) is 12.3. The van der Waals surface area contributed by atoms with Gasteiger partial charge in [0.25, 0.3) is 0 Å². The van der Waals surface area contributed by atoms with E-state index in [1.54, 1.807) is 7.11 Å². The van der Waals surface area contributed by atoms with E-state index in [0.717, 1.165) is 50.7 Å². The summed E-state index contributed by atoms with van der Waals surface area (Å²) in [6.45, 7) is 5.09. The van der Waals surface area contributed by atoms with E-state index >= 15 is 0 Å². The van der Waals surface area contributed by atoms with Crippen molar-refractivity contribution < 1.29 is 4.74 Å². The Bertz CT molecular complexity index is 710. The lowest BCUT2D eigenvalue weighted by molar-refractivity contribution is 0.242. The molecule has 1 aromatic heterocycles. The predicted molar refractivity (Wildman–Crippen MR) is 97.7 cm³/mol. The highest BCUT2D eigenvalue weighted by molar-refractivity contribution is 5.28. The molecule has 5 nitrogen and oxygen atoms in total. The molecule has 3 heterocycles. The third-order valence-corrected chi connectivity index (χ3v) is 5.26. The van der Waals surface area contributed by atoms with Crippen molar-refractivity contribution in [3.8, 4) is 5.75 Å². The zero-order chi connectivity index (χ0) is 17.1. The van der Waals surface area contributed by atoms with Crippen LogP contribution >= 0.6 is 0 Å². The van der Waals surface area contributed by atoms with Gasteiger partial charge in [-0.3, -0.25) is 4.90 Å². The van der Waals surface area contributed by atoms with Gasteiger partial charge in [0.1, 0.15) is 11.6 Å². The van der Waals surface area contributed by atoms with Crippen LogP contribution in [-0.4, -0.2) is 41.6 Å². The maximum atomic E-state index is 5.23. The van der Waals surface area contributed by atoms with Crippen molar-refractivity contribution in [2.75, 3.05) is 26.7 Å². The lowest BCUT2D eigenvalue weighted by Gasteiger charge is -2.29. The summed E-state index contributed by atoms with van der Waals surface area (Å²) in [6, 6.07) is 8.34. The Labute approximate surface area is 149 Å². The van der Waals surface area contributed by atoms with Gasteiger partial charge in [-0.1, -0.05) is 12.1 Å². The van der Waals surface area contributed by atoms with Gasteiger partial charge < -0.3 is 10.1 Å². The lowest BCUT2D eigenvalue weighted by Crippen LogP contribution is -2.32. The van der Waals surface area contributed by atoms with Crippen molar-refractivity contribution in [1.29, 1.82) is 0 Å². The van der Waals surface area contributed by atoms with Crippen LogP contribution in [0.1, 0.15) is 41.4 Å². The summed E-state index contributed by atoms with van der Waals surface area (Å²) in [4.78, 5) is 12.1. The van der Waals surface area contributed by atoms with Crippen molar-refractivity contribution in [2.45, 2.75) is 38.3 Å². The largest absolute Gasteiger partial charge is 0.497 e. The molecule has 132 valence electrons. The van der Waals surface area contributed by atoms with Crippen molar-refractivity contribution >= 4 is 0 Å². The Balaban J connectivity index is 1.42. The number of aromatic nitrogens is 2. The molecule has 0 spiro atoms. The third kappa shape index (κ3) is 3.83. The van der Waals surface area contributed by atoms with Crippen LogP contribution in [0.3, 0.4) is 0 Å². The zero-order valence-electron chi connectivity index (χ0n) is 14.9. The standard InChI is InChI=1S/C20H26N4O/c1-25-18-6-4-15(5-7-18)13-24-10-8-19-17(14-24)12-22-20(23-19)16-3-2-9-21-11-16/h4-7,12,16,21H,2-3,8-11,13-14H2,1H3. The second-order valence-corrected chi connectivity index (χ2v) is 7.05. The highest BCUT2D eigenvalue weighted by Gasteiger charge is 2.22. The van der Waals surface area contributed by atoms with E-state index in [2.05, 4.69) is 33.5 Å². The Hall–Kier alpha value is -1.98. The number of rotatable bonds is 4. The SMILES string of the molecule is COc1ccc(CN2CCc3nc(C4CCCNC4)ncc3C2)cc1. The molecule has 4 rings (SSSR count). The number of ether oxygens (including phenoxy) is 1. The zero-order valence-corrected chi connectivity index (χ0v) is 14.9. The molecular formula is C20H26N4O. The molecule has 0 bridgehead atoms. The van der Waals surface area contributed by atoms with Crippen LogP contribution in [0.2, 0.25) is 0 Å². The molecule has 1 aromatic carbocycles. The maximum absolute atomic E-state index is 5.23. The Morgan fingerprint density at radius 3 is 2.92 bits per heavy atom. The minimum atomic E-state index is 0.483. The van der Waals surface area contributed by atoms with Crippen LogP contribution in [0.4, 0.5) is 0 Å². The van der Waals surface area contributed by atoms with Gasteiger partial charge in [0.2, 0.25) is 0 Å². The number of methoxy groups -OCH3 is 1. The van der Waals surface area contributed by atoms with Gasteiger partial charge in [0.15, 0.2) is 0 Å². The quantitative estimate of drug-likeness (QED) is 0.928. The molecule has 1 atom stereocenters. The molecule has 0 radical (unpaired) electrons. The van der Waals surface area contributed by atoms with E-state index in [0.29, 0.717) is 5.92 Å². The molecule has 1 N–H and O–H groups in total. The molecule has 0 aliphatic carbocycles. The number of nitrogens with zero attached hydrogens (tertiary/aromatic N) is 3. The number of piperidine rings is 1. The van der Waals surface area contributed by atoms with E-state index in [9.17, 15) is 0 Å². The minimum absolute atomic E-state index is 0.483. The third-order valence-electron chi connectivity index (χ3n) is 5.26. The van der Waals surface area contributed by atoms with E-state index in [1.807, 2.05) is 12.1 Å². The first-order valence-electron chi connectivity index (χ1n) is 9.22. The number of benzene rings is 1. The van der Waals surface area contributed by atoms with Crippen molar-refractivity contribution in [3.63, 3.8) is 0 Å². The predicted octanol–water partition coefficient (Wildman–Crippen LogP) is 2.51. The van der Waals surface area contributed by atoms with Crippen LogP contribution < -0.4 is 10.1 Å². The average molecular weight is 338 g/mol. The van der Waals surface area contributed by atoms with Crippen molar-refractivity contribution in [1.82, 2.24) is 20.2 Å². The number of nitrogens with one attached hydrogen (secondary N) is 1. The summed E-state index contributed by atoms with van der Waals surface area (Å²) in [6.07, 6.45) is 5.50. The second-order valence-electron chi connectivity index (χ2n) is 7.05. The first kappa shape index (κ1) is 16.5. The van der Waals surface area contributed by atoms with Gasteiger partial charge >= 0.3 is 0 Å². The van der Waals surface area contributed by atoms with Crippen LogP contribution in [-0.2, 0) is 19.5 Å². The number of fused-ring (bicyclic) bond motifs is 1. The van der Waals surface area contributed by atoms with E-state index in [-0.39, 0.29) is 0 Å². The summed E-state index contributed by atoms with van der Waals surface area (Å²) in [5, 5.41) is 3.46. The normalized spacial score (nSPS) is 20.9. The molecule has 25 heavy (non-hydrogen) atoms. The molecule has 2 aromatic rings. The molecule has 2 aliphatic heterocycles. The monoisotopic (exact) mass is 338 g/mol. The molecule has 0 amide bonds. The molecule has 5 heteroatoms. The van der Waals surface area contributed by atoms with Gasteiger partial charge in [-0.05, 0) is 37.1 Å². The van der Waals surface area contributed by atoms with Crippen LogP contribution in [0, 0.1) is 0 Å². The molecule has 0 saturated carbocycles. The van der Waals surface area contributed by atoms with Gasteiger partial charge in [0.05, 0.1) is 7.11 Å². The maximum Gasteiger partial charge on any atom is 0.132 e. The average Bonchev–Trinajstić information content (AvgIpc) is 2.69. The summed E-state index contributed by atoms with van der Waals surface area (Å²) in [7, 11) is 1.70. The summed E-state index contributed by atoms with van der Waals surface area (Å²) in [5.41, 5.74) is 3.85. The molecule has 1 fully saturated rings. The van der Waals surface area contributed by atoms with Crippen molar-refractivity contribution in [3.05, 3.63) is 53.1 Å². The molecular weight excluding hydrogens is 312 g/mol. The van der Waals surface area contributed by atoms with Gasteiger partial charge in [-0.25, -0.2) is 9.97 Å². The smallest absolute Gasteiger partial charge is 0.132 e. The van der Waals surface area contributed by atoms with Gasteiger partial charge in [-0.15, -0.1) is 0 Å². The van der Waals surface area contributed by atoms with E-state index in [1.165, 1.54) is 29.7 Å². The molecule has 1 saturated heterocycles.